The summed E-state index contributed by atoms with van der Waals surface area (Å²) in [7, 11) is 0. The minimum atomic E-state index is 0.435. The first-order valence-corrected chi connectivity index (χ1v) is 5.49. The summed E-state index contributed by atoms with van der Waals surface area (Å²) in [4.78, 5) is 4.22. The molecule has 0 fully saturated rings. The number of aromatic nitrogens is 1. The maximum absolute atomic E-state index is 5.93. The molecule has 0 saturated carbocycles. The third-order valence-electron chi connectivity index (χ3n) is 1.61. The van der Waals surface area contributed by atoms with E-state index >= 15 is 0 Å². The molecule has 0 spiro atoms. The average molecular weight is 231 g/mol. The van der Waals surface area contributed by atoms with Gasteiger partial charge in [0.05, 0.1) is 0 Å². The van der Waals surface area contributed by atoms with Gasteiger partial charge in [-0.25, -0.2) is 0 Å². The third-order valence-corrected chi connectivity index (χ3v) is 3.68. The predicted octanol–water partition coefficient (Wildman–Crippen LogP) is 2.25. The molecule has 1 aromatic carbocycles. The van der Waals surface area contributed by atoms with Crippen LogP contribution in [0.4, 0.5) is 0 Å². The molecule has 0 unspecified atom stereocenters. The van der Waals surface area contributed by atoms with Gasteiger partial charge in [0.2, 0.25) is 0 Å². The van der Waals surface area contributed by atoms with Crippen LogP contribution in [-0.2, 0) is 0 Å². The molecule has 3 heteroatoms. The molecule has 0 amide bonds. The van der Waals surface area contributed by atoms with Crippen molar-refractivity contribution in [3.8, 4) is 0 Å². The molecule has 0 atom stereocenters. The molecule has 0 aliphatic carbocycles. The Labute approximate surface area is 75.8 Å². The van der Waals surface area contributed by atoms with E-state index in [0.29, 0.717) is 14.5 Å². The van der Waals surface area contributed by atoms with Gasteiger partial charge in [-0.05, 0) is 0 Å². The first-order chi connectivity index (χ1) is 5.27. The van der Waals surface area contributed by atoms with Crippen LogP contribution in [0.15, 0.2) is 17.2 Å². The maximum atomic E-state index is 5.93. The van der Waals surface area contributed by atoms with Gasteiger partial charge in [0.25, 0.3) is 0 Å². The summed E-state index contributed by atoms with van der Waals surface area (Å²) in [5.74, 6) is 0. The minimum absolute atomic E-state index is 0.435. The van der Waals surface area contributed by atoms with Crippen molar-refractivity contribution in [3.63, 3.8) is 0 Å². The number of nitrogens with zero attached hydrogens (tertiary/aromatic N) is 1. The molecule has 1 aromatic heterocycles. The predicted molar refractivity (Wildman–Crippen MR) is 48.4 cm³/mol. The molecule has 1 nitrogen and oxygen atoms in total. The Morgan fingerprint density at radius 3 is 3.09 bits per heavy atom. The first-order valence-electron chi connectivity index (χ1n) is 3.27. The summed E-state index contributed by atoms with van der Waals surface area (Å²) in [5, 5.41) is 2.80. The summed E-state index contributed by atoms with van der Waals surface area (Å²) in [6.07, 6.45) is 0. The molecule has 2 aromatic rings. The quantitative estimate of drug-likeness (QED) is 0.633. The SMILES string of the molecule is Cc1cc2[se]cnc2cc1Cl. The van der Waals surface area contributed by atoms with E-state index in [2.05, 4.69) is 11.1 Å². The van der Waals surface area contributed by atoms with Crippen molar-refractivity contribution < 1.29 is 0 Å². The van der Waals surface area contributed by atoms with E-state index < -0.39 is 0 Å². The molecule has 56 valence electrons. The summed E-state index contributed by atoms with van der Waals surface area (Å²) >= 11 is 6.36. The Kier molecular flexibility index (Phi) is 1.76. The van der Waals surface area contributed by atoms with E-state index in [4.69, 9.17) is 11.6 Å². The summed E-state index contributed by atoms with van der Waals surface area (Å²) in [6, 6.07) is 4.07. The van der Waals surface area contributed by atoms with Crippen LogP contribution in [0.3, 0.4) is 0 Å². The number of hydrogen-bond donors (Lipinski definition) is 0. The van der Waals surface area contributed by atoms with Crippen LogP contribution >= 0.6 is 11.6 Å². The van der Waals surface area contributed by atoms with Crippen LogP contribution in [0.2, 0.25) is 5.02 Å². The molecular weight excluding hydrogens is 225 g/mol. The molecule has 11 heavy (non-hydrogen) atoms. The zero-order valence-corrected chi connectivity index (χ0v) is 8.43. The first kappa shape index (κ1) is 7.35. The van der Waals surface area contributed by atoms with Crippen molar-refractivity contribution in [3.05, 3.63) is 27.8 Å². The molecule has 1 heterocycles. The van der Waals surface area contributed by atoms with Crippen LogP contribution in [-0.4, -0.2) is 19.5 Å². The van der Waals surface area contributed by atoms with Crippen molar-refractivity contribution in [2.24, 2.45) is 0 Å². The Balaban J connectivity index is 2.86. The molecule has 0 N–H and O–H groups in total. The Hall–Kier alpha value is -0.301. The summed E-state index contributed by atoms with van der Waals surface area (Å²) in [6.45, 7) is 2.02. The summed E-state index contributed by atoms with van der Waals surface area (Å²) < 4.78 is 1.35. The second-order valence-electron chi connectivity index (χ2n) is 2.42. The third kappa shape index (κ3) is 1.22. The second-order valence-corrected chi connectivity index (χ2v) is 4.69. The van der Waals surface area contributed by atoms with Crippen LogP contribution in [0.5, 0.6) is 0 Å². The standard InChI is InChI=1S/C8H6ClNSe/c1-5-2-8-7(3-6(5)9)10-4-11-8/h2-4H,1H3. The van der Waals surface area contributed by atoms with Gasteiger partial charge in [-0.2, -0.15) is 0 Å². The van der Waals surface area contributed by atoms with E-state index in [-0.39, 0.29) is 0 Å². The van der Waals surface area contributed by atoms with Crippen molar-refractivity contribution in [1.29, 1.82) is 0 Å². The van der Waals surface area contributed by atoms with Gasteiger partial charge in [0.15, 0.2) is 0 Å². The van der Waals surface area contributed by atoms with Crippen LogP contribution in [0, 0.1) is 6.92 Å². The number of aryl methyl sites for hydroxylation is 1. The van der Waals surface area contributed by atoms with Gasteiger partial charge in [-0.3, -0.25) is 0 Å². The van der Waals surface area contributed by atoms with E-state index in [0.717, 1.165) is 16.1 Å². The number of hydrogen-bond acceptors (Lipinski definition) is 1. The van der Waals surface area contributed by atoms with E-state index in [1.54, 1.807) is 0 Å². The molecule has 0 aliphatic rings. The monoisotopic (exact) mass is 231 g/mol. The van der Waals surface area contributed by atoms with E-state index in [1.165, 1.54) is 4.26 Å². The Morgan fingerprint density at radius 1 is 1.45 bits per heavy atom. The van der Waals surface area contributed by atoms with Gasteiger partial charge < -0.3 is 0 Å². The van der Waals surface area contributed by atoms with Gasteiger partial charge >= 0.3 is 75.6 Å². The van der Waals surface area contributed by atoms with Gasteiger partial charge in [-0.15, -0.1) is 0 Å². The van der Waals surface area contributed by atoms with Crippen LogP contribution in [0.1, 0.15) is 5.56 Å². The molecular formula is C8H6ClNSe. The normalized spacial score (nSPS) is 10.7. The summed E-state index contributed by atoms with van der Waals surface area (Å²) in [5.41, 5.74) is 2.21. The van der Waals surface area contributed by atoms with Gasteiger partial charge in [0, 0.05) is 0 Å². The number of rotatable bonds is 0. The van der Waals surface area contributed by atoms with E-state index in [1.807, 2.05) is 18.1 Å². The molecule has 2 rings (SSSR count). The van der Waals surface area contributed by atoms with Crippen LogP contribution in [0.25, 0.3) is 9.78 Å². The Morgan fingerprint density at radius 2 is 2.27 bits per heavy atom. The number of fused-ring (bicyclic) bond motifs is 1. The van der Waals surface area contributed by atoms with Crippen molar-refractivity contribution in [2.45, 2.75) is 6.92 Å². The number of halogens is 1. The molecule has 0 bridgehead atoms. The van der Waals surface area contributed by atoms with Crippen molar-refractivity contribution in [1.82, 2.24) is 4.98 Å². The Bertz CT molecular complexity index is 358. The fraction of sp³-hybridized carbons (Fsp3) is 0.125. The van der Waals surface area contributed by atoms with Gasteiger partial charge in [-0.1, -0.05) is 0 Å². The van der Waals surface area contributed by atoms with Gasteiger partial charge in [0.1, 0.15) is 0 Å². The topological polar surface area (TPSA) is 12.9 Å². The zero-order valence-electron chi connectivity index (χ0n) is 5.97. The van der Waals surface area contributed by atoms with Crippen molar-refractivity contribution in [2.75, 3.05) is 0 Å². The van der Waals surface area contributed by atoms with Crippen LogP contribution < -0.4 is 0 Å². The second kappa shape index (κ2) is 2.63. The zero-order chi connectivity index (χ0) is 7.84. The molecule has 0 aliphatic heterocycles. The van der Waals surface area contributed by atoms with Crippen molar-refractivity contribution >= 4 is 35.9 Å². The fourth-order valence-electron chi connectivity index (χ4n) is 0.980. The fourth-order valence-corrected chi connectivity index (χ4v) is 2.73. The molecule has 0 saturated heterocycles. The number of benzene rings is 1. The molecule has 0 radical (unpaired) electrons. The van der Waals surface area contributed by atoms with E-state index in [9.17, 15) is 0 Å². The average Bonchev–Trinajstić information content (AvgIpc) is 2.36.